The molecule has 0 aliphatic heterocycles. The Labute approximate surface area is 306 Å². The fourth-order valence-electron chi connectivity index (χ4n) is 7.75. The Balaban J connectivity index is 0.000000677. The number of ether oxygens (including phenoxy) is 1. The molecule has 0 saturated heterocycles. The third-order valence-electron chi connectivity index (χ3n) is 11.1. The number of amides is 1. The molecule has 0 radical (unpaired) electrons. The van der Waals surface area contributed by atoms with Crippen molar-refractivity contribution in [2.45, 2.75) is 92.3 Å². The van der Waals surface area contributed by atoms with Crippen molar-refractivity contribution in [2.24, 2.45) is 34.5 Å². The molecule has 280 valence electrons. The van der Waals surface area contributed by atoms with Crippen molar-refractivity contribution in [2.75, 3.05) is 40.9 Å². The van der Waals surface area contributed by atoms with Crippen molar-refractivity contribution in [1.82, 2.24) is 26.2 Å². The molecule has 1 saturated carbocycles. The van der Waals surface area contributed by atoms with E-state index in [2.05, 4.69) is 139 Å². The topological polar surface area (TPSA) is 77.7 Å². The van der Waals surface area contributed by atoms with Gasteiger partial charge in [-0.05, 0) is 77.8 Å². The van der Waals surface area contributed by atoms with Crippen LogP contribution in [0.1, 0.15) is 72.4 Å². The fraction of sp³-hybridized carbons (Fsp3) is 0.605. The number of carbonyl (C=O) groups excluding carboxylic acids is 1. The van der Waals surface area contributed by atoms with E-state index < -0.39 is 0 Å². The number of methoxy groups -OCH3 is 1. The van der Waals surface area contributed by atoms with Crippen molar-refractivity contribution in [1.29, 1.82) is 0 Å². The number of rotatable bonds is 20. The summed E-state index contributed by atoms with van der Waals surface area (Å²) in [6.07, 6.45) is 7.47. The second-order valence-corrected chi connectivity index (χ2v) is 16.1. The summed E-state index contributed by atoms with van der Waals surface area (Å²) in [7, 11) is 5.92. The highest BCUT2D eigenvalue weighted by Crippen LogP contribution is 2.62. The first-order valence-electron chi connectivity index (χ1n) is 18.5. The van der Waals surface area contributed by atoms with Crippen LogP contribution in [-0.2, 0) is 22.4 Å². The quantitative estimate of drug-likeness (QED) is 0.0854. The molecule has 50 heavy (non-hydrogen) atoms. The highest BCUT2D eigenvalue weighted by molar-refractivity contribution is 5.80. The molecule has 1 amide bonds. The standard InChI is InChI=1S/C34H52N4O.C9H19NO/c1-11-15-30(22(3)24(5)36-18-12-2)37-33(39)23(4)31-29(34(31,7)8)21-38(10)25(6)32(35-9)28-19-26-16-13-14-17-27(26)20-28;1-6-10-8(7-11-5)9(2,3)4/h12-14,16-17,23,28-32,35-36H,2-3,5-6,11,15,18-21H2,1,4,7-10H3,(H,37,39);6,8,10H,1,7H2,2-5H3/t23?,29-,30?,31+,32?;/m0./s1. The van der Waals surface area contributed by atoms with Gasteiger partial charge in [-0.25, -0.2) is 0 Å². The number of hydrogen-bond donors (Lipinski definition) is 4. The third-order valence-corrected chi connectivity index (χ3v) is 11.1. The first-order valence-corrected chi connectivity index (χ1v) is 18.5. The molecule has 3 rings (SSSR count). The number of nitrogens with one attached hydrogen (secondary N) is 4. The highest BCUT2D eigenvalue weighted by atomic mass is 16.5. The minimum Gasteiger partial charge on any atom is -0.386 e. The van der Waals surface area contributed by atoms with Gasteiger partial charge in [-0.2, -0.15) is 0 Å². The van der Waals surface area contributed by atoms with Crippen molar-refractivity contribution >= 4 is 5.91 Å². The van der Waals surface area contributed by atoms with Gasteiger partial charge in [0.05, 0.1) is 18.7 Å². The Bertz CT molecular complexity index is 1290. The fourth-order valence-corrected chi connectivity index (χ4v) is 7.75. The van der Waals surface area contributed by atoms with Gasteiger partial charge in [0.15, 0.2) is 0 Å². The maximum Gasteiger partial charge on any atom is 0.223 e. The van der Waals surface area contributed by atoms with E-state index in [9.17, 15) is 4.79 Å². The largest absolute Gasteiger partial charge is 0.386 e. The van der Waals surface area contributed by atoms with Gasteiger partial charge in [0, 0.05) is 50.6 Å². The van der Waals surface area contributed by atoms with Crippen LogP contribution in [0.2, 0.25) is 0 Å². The molecule has 1 aromatic rings. The van der Waals surface area contributed by atoms with Gasteiger partial charge in [-0.15, -0.1) is 6.58 Å². The maximum atomic E-state index is 13.5. The van der Waals surface area contributed by atoms with Crippen LogP contribution in [0.25, 0.3) is 0 Å². The molecule has 4 N–H and O–H groups in total. The molecule has 0 spiro atoms. The molecule has 0 heterocycles. The van der Waals surface area contributed by atoms with Gasteiger partial charge in [0.1, 0.15) is 0 Å². The Hall–Kier alpha value is -3.29. The molecule has 0 bridgehead atoms. The molecule has 2 aliphatic rings. The van der Waals surface area contributed by atoms with E-state index >= 15 is 0 Å². The number of likely N-dealkylation sites (N-methyl/N-ethyl adjacent to an activating group) is 2. The van der Waals surface area contributed by atoms with Crippen LogP contribution in [0.4, 0.5) is 0 Å². The van der Waals surface area contributed by atoms with Crippen molar-refractivity contribution in [3.05, 3.63) is 97.5 Å². The lowest BCUT2D eigenvalue weighted by Crippen LogP contribution is -2.42. The summed E-state index contributed by atoms with van der Waals surface area (Å²) in [5.74, 6) is 1.27. The number of carbonyl (C=O) groups is 1. The summed E-state index contributed by atoms with van der Waals surface area (Å²) in [5.41, 5.74) is 5.97. The maximum absolute atomic E-state index is 13.5. The zero-order valence-electron chi connectivity index (χ0n) is 33.3. The second-order valence-electron chi connectivity index (χ2n) is 16.1. The van der Waals surface area contributed by atoms with Crippen LogP contribution >= 0.6 is 0 Å². The predicted molar refractivity (Wildman–Crippen MR) is 214 cm³/mol. The van der Waals surface area contributed by atoms with Crippen LogP contribution in [0.15, 0.2) is 86.4 Å². The molecule has 2 aliphatic carbocycles. The van der Waals surface area contributed by atoms with Gasteiger partial charge < -0.3 is 30.9 Å². The van der Waals surface area contributed by atoms with E-state index in [1.54, 1.807) is 19.4 Å². The normalized spacial score (nSPS) is 20.0. The Morgan fingerprint density at radius 1 is 1.12 bits per heavy atom. The summed E-state index contributed by atoms with van der Waals surface area (Å²) >= 11 is 0. The van der Waals surface area contributed by atoms with E-state index in [1.165, 1.54) is 11.1 Å². The van der Waals surface area contributed by atoms with Gasteiger partial charge in [0.2, 0.25) is 5.91 Å². The van der Waals surface area contributed by atoms with Gasteiger partial charge >= 0.3 is 0 Å². The summed E-state index contributed by atoms with van der Waals surface area (Å²) in [4.78, 5) is 15.8. The molecule has 6 atom stereocenters. The van der Waals surface area contributed by atoms with E-state index in [4.69, 9.17) is 4.74 Å². The Morgan fingerprint density at radius 3 is 2.20 bits per heavy atom. The second kappa shape index (κ2) is 19.4. The monoisotopic (exact) mass is 690 g/mol. The first-order chi connectivity index (χ1) is 23.5. The number of benzene rings is 1. The van der Waals surface area contributed by atoms with Crippen LogP contribution in [0.5, 0.6) is 0 Å². The predicted octanol–water partition coefficient (Wildman–Crippen LogP) is 7.25. The highest BCUT2D eigenvalue weighted by Gasteiger charge is 2.61. The minimum absolute atomic E-state index is 0.0855. The van der Waals surface area contributed by atoms with Crippen molar-refractivity contribution < 1.29 is 9.53 Å². The number of nitrogens with zero attached hydrogens (tertiary/aromatic N) is 1. The Kier molecular flexibility index (Phi) is 16.6. The molecule has 4 unspecified atom stereocenters. The molecule has 1 aromatic carbocycles. The van der Waals surface area contributed by atoms with Gasteiger partial charge in [-0.3, -0.25) is 4.79 Å². The summed E-state index contributed by atoms with van der Waals surface area (Å²) in [6.45, 7) is 37.8. The molecular weight excluding hydrogens is 619 g/mol. The van der Waals surface area contributed by atoms with Crippen LogP contribution < -0.4 is 21.3 Å². The lowest BCUT2D eigenvalue weighted by atomic mass is 9.87. The first kappa shape index (κ1) is 42.9. The number of hydrogen-bond acceptors (Lipinski definition) is 6. The smallest absolute Gasteiger partial charge is 0.223 e. The van der Waals surface area contributed by atoms with Crippen LogP contribution in [0, 0.1) is 34.5 Å². The average Bonchev–Trinajstić information content (AvgIpc) is 3.36. The molecule has 7 nitrogen and oxygen atoms in total. The lowest BCUT2D eigenvalue weighted by molar-refractivity contribution is -0.126. The average molecular weight is 690 g/mol. The Morgan fingerprint density at radius 2 is 1.72 bits per heavy atom. The SMILES string of the molecule is C=CCNC(=C)C(=C)C(CCC)NC(=O)C(C)[C@@H]1[C@H](CN(C)C(=C)C(NC)C2Cc3ccccc3C2)C1(C)C.C=CNC(COC)C(C)(C)C. The summed E-state index contributed by atoms with van der Waals surface area (Å²) < 4.78 is 5.07. The van der Waals surface area contributed by atoms with Crippen LogP contribution in [0.3, 0.4) is 0 Å². The van der Waals surface area contributed by atoms with E-state index in [0.717, 1.165) is 55.8 Å². The van der Waals surface area contributed by atoms with Crippen molar-refractivity contribution in [3.63, 3.8) is 0 Å². The lowest BCUT2D eigenvalue weighted by Gasteiger charge is -2.32. The summed E-state index contributed by atoms with van der Waals surface area (Å²) in [6, 6.07) is 9.24. The minimum atomic E-state index is -0.121. The molecule has 7 heteroatoms. The van der Waals surface area contributed by atoms with E-state index in [0.29, 0.717) is 30.3 Å². The van der Waals surface area contributed by atoms with Crippen molar-refractivity contribution in [3.8, 4) is 0 Å². The molecular formula is C43H71N5O2. The zero-order valence-corrected chi connectivity index (χ0v) is 33.3. The summed E-state index contributed by atoms with van der Waals surface area (Å²) in [5, 5.41) is 13.2. The number of fused-ring (bicyclic) bond motifs is 1. The molecule has 1 fully saturated rings. The van der Waals surface area contributed by atoms with E-state index in [1.807, 2.05) is 7.05 Å². The zero-order chi connectivity index (χ0) is 37.8. The van der Waals surface area contributed by atoms with E-state index in [-0.39, 0.29) is 34.7 Å². The van der Waals surface area contributed by atoms with Crippen LogP contribution in [-0.4, -0.2) is 69.8 Å². The van der Waals surface area contributed by atoms with Gasteiger partial charge in [-0.1, -0.05) is 112 Å². The third kappa shape index (κ3) is 11.4. The molecule has 0 aromatic heterocycles. The van der Waals surface area contributed by atoms with Gasteiger partial charge in [0.25, 0.3) is 0 Å².